The minimum atomic E-state index is 0.120. The molecule has 3 aromatic heterocycles. The smallest absolute Gasteiger partial charge is 0.220 e. The molecule has 0 spiro atoms. The Labute approximate surface area is 232 Å². The highest BCUT2D eigenvalue weighted by molar-refractivity contribution is 6.09. The summed E-state index contributed by atoms with van der Waals surface area (Å²) in [6.45, 7) is 6.25. The van der Waals surface area contributed by atoms with Crippen LogP contribution in [0.4, 0.5) is 0 Å². The highest BCUT2D eigenvalue weighted by atomic mass is 16.5. The number of hydrogen-bond acceptors (Lipinski definition) is 4. The maximum atomic E-state index is 10.7. The fourth-order valence-corrected chi connectivity index (χ4v) is 5.66. The number of fused-ring (bicyclic) bond motifs is 4. The van der Waals surface area contributed by atoms with Crippen molar-refractivity contribution in [3.63, 3.8) is 0 Å². The first-order valence-corrected chi connectivity index (χ1v) is 13.3. The van der Waals surface area contributed by atoms with Crippen molar-refractivity contribution < 1.29 is 9.84 Å². The maximum Gasteiger partial charge on any atom is 0.220 e. The van der Waals surface area contributed by atoms with Crippen LogP contribution in [0, 0.1) is 20.8 Å². The second-order valence-corrected chi connectivity index (χ2v) is 10.4. The predicted molar refractivity (Wildman–Crippen MR) is 162 cm³/mol. The summed E-state index contributed by atoms with van der Waals surface area (Å²) in [5.74, 6) is 2.04. The van der Waals surface area contributed by atoms with E-state index in [1.54, 1.807) is 6.07 Å². The number of para-hydroxylation sites is 2. The van der Waals surface area contributed by atoms with E-state index in [0.29, 0.717) is 17.1 Å². The number of phenols is 1. The van der Waals surface area contributed by atoms with Crippen molar-refractivity contribution in [2.45, 2.75) is 20.8 Å². The molecule has 0 saturated carbocycles. The average Bonchev–Trinajstić information content (AvgIpc) is 3.26. The number of phenolic OH excluding ortho intramolecular Hbond substituents is 1. The summed E-state index contributed by atoms with van der Waals surface area (Å²) >= 11 is 0. The fourth-order valence-electron chi connectivity index (χ4n) is 5.66. The Kier molecular flexibility index (Phi) is 5.53. The third-order valence-electron chi connectivity index (χ3n) is 7.33. The Balaban J connectivity index is 1.41. The molecular formula is C35H27N3O2. The van der Waals surface area contributed by atoms with Crippen molar-refractivity contribution in [1.82, 2.24) is 14.5 Å². The molecule has 1 N–H and O–H groups in total. The number of ether oxygens (including phenoxy) is 1. The predicted octanol–water partition coefficient (Wildman–Crippen LogP) is 8.82. The summed E-state index contributed by atoms with van der Waals surface area (Å²) in [6, 6.07) is 32.4. The van der Waals surface area contributed by atoms with Crippen LogP contribution in [0.1, 0.15) is 16.7 Å². The molecule has 0 fully saturated rings. The van der Waals surface area contributed by atoms with Gasteiger partial charge in [-0.05, 0) is 73.9 Å². The number of aryl methyl sites for hydroxylation is 3. The lowest BCUT2D eigenvalue weighted by Crippen LogP contribution is -1.98. The van der Waals surface area contributed by atoms with Gasteiger partial charge in [-0.1, -0.05) is 59.7 Å². The number of pyridine rings is 2. The highest BCUT2D eigenvalue weighted by Crippen LogP contribution is 2.38. The van der Waals surface area contributed by atoms with Gasteiger partial charge in [-0.25, -0.2) is 9.97 Å². The van der Waals surface area contributed by atoms with E-state index >= 15 is 0 Å². The van der Waals surface area contributed by atoms with Gasteiger partial charge in [-0.3, -0.25) is 4.57 Å². The molecule has 40 heavy (non-hydrogen) atoms. The van der Waals surface area contributed by atoms with Gasteiger partial charge < -0.3 is 9.84 Å². The summed E-state index contributed by atoms with van der Waals surface area (Å²) in [5, 5.41) is 13.9. The quantitative estimate of drug-likeness (QED) is 0.251. The molecule has 4 aromatic carbocycles. The standard InChI is InChI=1S/C35H27N3O2/c1-21-13-14-36-33(18-21)38-30-9-5-4-7-26(30)27-12-11-25(19-31(27)38)40-34-20-29(24-16-22(2)15-23(3)17-24)28-8-6-10-32(39)35(28)37-34/h4-20,39H,1-3H3. The molecule has 5 heteroatoms. The van der Waals surface area contributed by atoms with E-state index in [1.807, 2.05) is 48.7 Å². The monoisotopic (exact) mass is 521 g/mol. The van der Waals surface area contributed by atoms with Crippen LogP contribution in [-0.4, -0.2) is 19.6 Å². The summed E-state index contributed by atoms with van der Waals surface area (Å²) in [5.41, 5.74) is 8.09. The van der Waals surface area contributed by atoms with Crippen LogP contribution in [-0.2, 0) is 0 Å². The van der Waals surface area contributed by atoms with Crippen LogP contribution in [0.25, 0.3) is 49.7 Å². The van der Waals surface area contributed by atoms with Gasteiger partial charge >= 0.3 is 0 Å². The molecule has 0 saturated heterocycles. The number of nitrogens with zero attached hydrogens (tertiary/aromatic N) is 3. The molecular weight excluding hydrogens is 494 g/mol. The molecule has 0 aliphatic heterocycles. The lowest BCUT2D eigenvalue weighted by atomic mass is 9.97. The Morgan fingerprint density at radius 2 is 1.45 bits per heavy atom. The second kappa shape index (κ2) is 9.24. The third kappa shape index (κ3) is 4.03. The van der Waals surface area contributed by atoms with Gasteiger partial charge in [0.15, 0.2) is 0 Å². The van der Waals surface area contributed by atoms with E-state index in [1.165, 1.54) is 11.1 Å². The minimum Gasteiger partial charge on any atom is -0.506 e. The third-order valence-corrected chi connectivity index (χ3v) is 7.33. The van der Waals surface area contributed by atoms with E-state index in [-0.39, 0.29) is 5.75 Å². The number of hydrogen-bond donors (Lipinski definition) is 1. The Morgan fingerprint density at radius 1 is 0.675 bits per heavy atom. The van der Waals surface area contributed by atoms with Gasteiger partial charge in [0.2, 0.25) is 5.88 Å². The van der Waals surface area contributed by atoms with E-state index in [4.69, 9.17) is 9.72 Å². The molecule has 0 aliphatic carbocycles. The maximum absolute atomic E-state index is 10.7. The van der Waals surface area contributed by atoms with Crippen LogP contribution in [0.15, 0.2) is 103 Å². The van der Waals surface area contributed by atoms with Crippen LogP contribution in [0.5, 0.6) is 17.4 Å². The van der Waals surface area contributed by atoms with Crippen molar-refractivity contribution in [3.05, 3.63) is 120 Å². The van der Waals surface area contributed by atoms with Crippen molar-refractivity contribution in [2.75, 3.05) is 0 Å². The normalized spacial score (nSPS) is 11.5. The van der Waals surface area contributed by atoms with Crippen molar-refractivity contribution in [3.8, 4) is 34.3 Å². The van der Waals surface area contributed by atoms with Gasteiger partial charge in [0.25, 0.3) is 0 Å². The van der Waals surface area contributed by atoms with Crippen LogP contribution < -0.4 is 4.74 Å². The van der Waals surface area contributed by atoms with Gasteiger partial charge in [0.05, 0.1) is 11.0 Å². The zero-order valence-corrected chi connectivity index (χ0v) is 22.5. The molecule has 5 nitrogen and oxygen atoms in total. The van der Waals surface area contributed by atoms with E-state index in [9.17, 15) is 5.11 Å². The number of aromatic nitrogens is 3. The van der Waals surface area contributed by atoms with Crippen LogP contribution >= 0.6 is 0 Å². The lowest BCUT2D eigenvalue weighted by Gasteiger charge is -2.13. The second-order valence-electron chi connectivity index (χ2n) is 10.4. The molecule has 0 bridgehead atoms. The first-order valence-electron chi connectivity index (χ1n) is 13.3. The van der Waals surface area contributed by atoms with Gasteiger partial charge in [0, 0.05) is 34.5 Å². The SMILES string of the molecule is Cc1cc(C)cc(-c2cc(Oc3ccc4c5ccccc5n(-c5cc(C)ccn5)c4c3)nc3c(O)cccc23)c1. The average molecular weight is 522 g/mol. The Morgan fingerprint density at radius 3 is 2.27 bits per heavy atom. The summed E-state index contributed by atoms with van der Waals surface area (Å²) < 4.78 is 8.60. The van der Waals surface area contributed by atoms with Crippen molar-refractivity contribution in [1.29, 1.82) is 0 Å². The van der Waals surface area contributed by atoms with Gasteiger partial charge in [0.1, 0.15) is 22.8 Å². The molecule has 0 unspecified atom stereocenters. The lowest BCUT2D eigenvalue weighted by molar-refractivity contribution is 0.460. The van der Waals surface area contributed by atoms with Gasteiger partial charge in [-0.15, -0.1) is 0 Å². The largest absolute Gasteiger partial charge is 0.506 e. The van der Waals surface area contributed by atoms with E-state index in [0.717, 1.165) is 49.7 Å². The highest BCUT2D eigenvalue weighted by Gasteiger charge is 2.16. The first kappa shape index (κ1) is 23.9. The van der Waals surface area contributed by atoms with E-state index < -0.39 is 0 Å². The Hall–Kier alpha value is -5.16. The minimum absolute atomic E-state index is 0.120. The first-order chi connectivity index (χ1) is 19.4. The zero-order valence-electron chi connectivity index (χ0n) is 22.5. The molecule has 0 amide bonds. The molecule has 3 heterocycles. The molecule has 194 valence electrons. The molecule has 7 aromatic rings. The fraction of sp³-hybridized carbons (Fsp3) is 0.0857. The molecule has 7 rings (SSSR count). The molecule has 0 aliphatic rings. The van der Waals surface area contributed by atoms with Crippen LogP contribution in [0.2, 0.25) is 0 Å². The van der Waals surface area contributed by atoms with Crippen molar-refractivity contribution >= 4 is 32.7 Å². The number of aromatic hydroxyl groups is 1. The van der Waals surface area contributed by atoms with Crippen molar-refractivity contribution in [2.24, 2.45) is 0 Å². The van der Waals surface area contributed by atoms with Gasteiger partial charge in [-0.2, -0.15) is 0 Å². The van der Waals surface area contributed by atoms with Crippen LogP contribution in [0.3, 0.4) is 0 Å². The summed E-state index contributed by atoms with van der Waals surface area (Å²) in [6.07, 6.45) is 1.84. The topological polar surface area (TPSA) is 60.2 Å². The molecule has 0 radical (unpaired) electrons. The zero-order chi connectivity index (χ0) is 27.4. The summed E-state index contributed by atoms with van der Waals surface area (Å²) in [7, 11) is 0. The number of rotatable bonds is 4. The summed E-state index contributed by atoms with van der Waals surface area (Å²) in [4.78, 5) is 9.41. The Bertz CT molecular complexity index is 2070. The molecule has 0 atom stereocenters. The number of benzene rings is 4. The van der Waals surface area contributed by atoms with E-state index in [2.05, 4.69) is 78.9 Å².